The zero-order valence-electron chi connectivity index (χ0n) is 76.8. The van der Waals surface area contributed by atoms with Gasteiger partial charge in [-0.15, -0.1) is 0 Å². The second kappa shape index (κ2) is 37.7. The molecule has 2 aliphatic carbocycles. The average molecular weight is 1960 g/mol. The first kappa shape index (κ1) is 91.9. The van der Waals surface area contributed by atoms with Crippen LogP contribution >= 0.6 is 81.5 Å². The summed E-state index contributed by atoms with van der Waals surface area (Å²) < 4.78 is 39.6. The van der Waals surface area contributed by atoms with Crippen molar-refractivity contribution in [1.82, 2.24) is 73.1 Å². The second-order valence-corrected chi connectivity index (χ2v) is 41.8. The van der Waals surface area contributed by atoms with Crippen molar-refractivity contribution in [3.8, 4) is 28.0 Å². The molecule has 16 aromatic rings. The van der Waals surface area contributed by atoms with Gasteiger partial charge in [-0.3, -0.25) is 27.6 Å². The number of hydrogen-bond acceptors (Lipinski definition) is 22. The number of imidazole rings is 4. The van der Waals surface area contributed by atoms with Crippen molar-refractivity contribution in [1.29, 1.82) is 0 Å². The van der Waals surface area contributed by atoms with Gasteiger partial charge in [0.1, 0.15) is 28.7 Å². The third-order valence-corrected chi connectivity index (χ3v) is 34.4. The summed E-state index contributed by atoms with van der Waals surface area (Å²) in [5, 5.41) is 12.1. The lowest BCUT2D eigenvalue weighted by molar-refractivity contribution is 0.0972. The van der Waals surface area contributed by atoms with E-state index in [2.05, 4.69) is 133 Å². The van der Waals surface area contributed by atoms with Crippen LogP contribution in [0.5, 0.6) is 5.75 Å². The van der Waals surface area contributed by atoms with Crippen molar-refractivity contribution in [2.45, 2.75) is 148 Å². The number of benzene rings is 6. The highest BCUT2D eigenvalue weighted by molar-refractivity contribution is 8.00. The summed E-state index contributed by atoms with van der Waals surface area (Å²) in [4.78, 5) is 56.2. The largest absolute Gasteiger partial charge is 0.497 e. The lowest BCUT2D eigenvalue weighted by Crippen LogP contribution is -2.51. The zero-order valence-corrected chi connectivity index (χ0v) is 82.2. The Kier molecular flexibility index (Phi) is 25.5. The fraction of sp³-hybridized carbons (Fsp3) is 0.356. The average Bonchev–Trinajstić information content (AvgIpc) is 1.61. The van der Waals surface area contributed by atoms with Gasteiger partial charge in [-0.2, -0.15) is 0 Å². The van der Waals surface area contributed by atoms with E-state index in [-0.39, 0.29) is 57.8 Å². The highest BCUT2D eigenvalue weighted by Gasteiger charge is 2.52. The Bertz CT molecular complexity index is 7210. The molecule has 0 saturated carbocycles. The monoisotopic (exact) mass is 1960 g/mol. The Morgan fingerprint density at radius 1 is 0.449 bits per heavy atom. The predicted molar refractivity (Wildman–Crippen MR) is 544 cm³/mol. The van der Waals surface area contributed by atoms with E-state index in [0.29, 0.717) is 31.2 Å². The standard InChI is InChI=1S/C28H28Cl2N4.C27H26Cl2FN5.C25H28N6O2S.C24H25ClN6OS/c1-18-16-23(34-15-12-32-27(34)24(18)21-8-5-9-22(29)25(21)30)33-13-10-28(11-14-33)17-19-6-3-4-7-20(19)26(28)31-2;1-16-22(20-4-3-5-21(28)23(20)29)25-32-10-13-35(25)26(33-16)34-11-8-27(9-12-34)15-17-14-18(30)6-7-19(17)24(27)31-2;1-16-22(26)25(15-33-16)6-10-30(11-7-25)24-29-14-21(23-28-9-12-31(23)24)34-20-5-8-27-19-4-3-17(32-2)13-18(19)20;1-15-21(26)24(14-32-15)5-9-30(10-6-24)23-29-13-20(22-28-8-11-31(22)23)33-19-4-7-27-18-12-16(25)2-3-17(18)19/h3-9,12,15-16,26,31H,10-11,13-14,17H2,1-2H3;3-7,10,13-14,24,31H,8-9,11-12,15H2,1-2H3;3-5,8-9,12-14,16,22H,6-7,10-11,15,26H2,1-2H3;2-4,7-8,11-13,15,21H,5-6,9-10,14,26H2,1H3/t26-;24-;16-,22+;15-,21+/m1100/s1. The smallest absolute Gasteiger partial charge is 0.211 e. The number of nitrogens with zero attached hydrogens (tertiary/aromatic N) is 17. The Morgan fingerprint density at radius 2 is 0.934 bits per heavy atom. The van der Waals surface area contributed by atoms with E-state index in [9.17, 15) is 4.39 Å². The lowest BCUT2D eigenvalue weighted by atomic mass is 9.73. The number of aromatic nitrogens is 13. The predicted octanol–water partition coefficient (Wildman–Crippen LogP) is 21.2. The van der Waals surface area contributed by atoms with Crippen molar-refractivity contribution in [3.63, 3.8) is 0 Å². The summed E-state index contributed by atoms with van der Waals surface area (Å²) in [6, 6.07) is 44.5. The number of pyridine rings is 3. The molecule has 6 fully saturated rings. The van der Waals surface area contributed by atoms with Crippen LogP contribution in [-0.4, -0.2) is 174 Å². The van der Waals surface area contributed by atoms with Gasteiger partial charge in [-0.25, -0.2) is 39.3 Å². The number of rotatable bonds is 13. The molecule has 6 atom stereocenters. The van der Waals surface area contributed by atoms with Crippen LogP contribution in [0.15, 0.2) is 227 Å². The number of piperidine rings is 4. The Balaban J connectivity index is 0.000000108. The van der Waals surface area contributed by atoms with Crippen LogP contribution < -0.4 is 46.4 Å². The summed E-state index contributed by atoms with van der Waals surface area (Å²) in [5.41, 5.74) is 29.9. The molecule has 6 aromatic carbocycles. The molecular formula is C104H107Cl5FN21O3S2. The number of aryl methyl sites for hydroxylation is 2. The van der Waals surface area contributed by atoms with E-state index in [1.807, 2.05) is 165 Å². The van der Waals surface area contributed by atoms with Crippen LogP contribution in [0.3, 0.4) is 0 Å². The molecule has 6 aliphatic heterocycles. The summed E-state index contributed by atoms with van der Waals surface area (Å²) in [5.74, 6) is 4.58. The van der Waals surface area contributed by atoms with Gasteiger partial charge in [0.2, 0.25) is 17.8 Å². The number of fused-ring (bicyclic) bond motifs is 8. The topological polar surface area (TPSA) is 250 Å². The number of hydrogen-bond donors (Lipinski definition) is 4. The Hall–Kier alpha value is -10.5. The highest BCUT2D eigenvalue weighted by Crippen LogP contribution is 2.56. The maximum atomic E-state index is 13.9. The molecule has 700 valence electrons. The molecule has 6 saturated heterocycles. The number of anilines is 4. The Labute approximate surface area is 822 Å². The van der Waals surface area contributed by atoms with Gasteiger partial charge >= 0.3 is 0 Å². The molecule has 136 heavy (non-hydrogen) atoms. The maximum absolute atomic E-state index is 13.9. The third-order valence-electron chi connectivity index (χ3n) is 30.3. The molecule has 24 nitrogen and oxygen atoms in total. The molecule has 4 spiro atoms. The summed E-state index contributed by atoms with van der Waals surface area (Å²) in [7, 11) is 5.80. The molecular weight excluding hydrogens is 1850 g/mol. The minimum Gasteiger partial charge on any atom is -0.497 e. The molecule has 8 aliphatic rings. The molecule has 0 unspecified atom stereocenters. The molecule has 32 heteroatoms. The second-order valence-electron chi connectivity index (χ2n) is 37.7. The quantitative estimate of drug-likeness (QED) is 0.0837. The molecule has 0 radical (unpaired) electrons. The van der Waals surface area contributed by atoms with Gasteiger partial charge in [0, 0.05) is 210 Å². The summed E-state index contributed by atoms with van der Waals surface area (Å²) >= 11 is 35.3. The van der Waals surface area contributed by atoms with Crippen LogP contribution in [0.1, 0.15) is 111 Å². The fourth-order valence-electron chi connectivity index (χ4n) is 22.9. The van der Waals surface area contributed by atoms with Crippen LogP contribution in [-0.2, 0) is 22.3 Å². The van der Waals surface area contributed by atoms with Gasteiger partial charge in [-0.1, -0.05) is 142 Å². The third kappa shape index (κ3) is 16.7. The summed E-state index contributed by atoms with van der Waals surface area (Å²) in [6.07, 6.45) is 33.5. The van der Waals surface area contributed by atoms with Crippen molar-refractivity contribution in [2.24, 2.45) is 33.1 Å². The first-order valence-corrected chi connectivity index (χ1v) is 50.2. The van der Waals surface area contributed by atoms with Gasteiger partial charge < -0.3 is 55.9 Å². The van der Waals surface area contributed by atoms with Crippen LogP contribution in [0.4, 0.5) is 28.1 Å². The van der Waals surface area contributed by atoms with E-state index in [0.717, 1.165) is 256 Å². The summed E-state index contributed by atoms with van der Waals surface area (Å²) in [6.45, 7) is 17.2. The molecule has 16 heterocycles. The van der Waals surface area contributed by atoms with Crippen molar-refractivity contribution in [3.05, 3.63) is 272 Å². The fourth-order valence-corrected chi connectivity index (χ4v) is 25.9. The number of nitrogens with two attached hydrogens (primary N) is 2. The number of nitrogens with one attached hydrogen (secondary N) is 2. The first-order chi connectivity index (χ1) is 66.1. The van der Waals surface area contributed by atoms with Crippen LogP contribution in [0, 0.1) is 41.3 Å². The van der Waals surface area contributed by atoms with Crippen LogP contribution in [0.25, 0.3) is 66.6 Å². The van der Waals surface area contributed by atoms with E-state index < -0.39 is 0 Å². The van der Waals surface area contributed by atoms with Gasteiger partial charge in [-0.05, 0) is 217 Å². The Morgan fingerprint density at radius 3 is 1.49 bits per heavy atom. The SMILES string of the molecule is CN[C@@H]1c2ccc(F)cc2CC12CCN(c1nc(C)c(-c3cccc(Cl)c3Cl)c3nccn13)CC2.CN[C@@H]1c2ccccc2CC12CCN(c1cc(C)c(-c3cccc(Cl)c3Cl)c3nccn13)CC2.COc1ccc2nccc(Sc3cnc(N4CCC5(CC4)CO[C@@H](C)[C@H]5N)n4ccnc34)c2c1.C[C@@H]1OCC2(CCN(c3ncc(Sc4ccnc5cc(Cl)ccc45)c4nccn34)CC2)[C@@H]1N. The number of halogens is 6. The molecule has 0 bridgehead atoms. The molecule has 10 aromatic heterocycles. The van der Waals surface area contributed by atoms with E-state index in [4.69, 9.17) is 104 Å². The minimum atomic E-state index is -0.157. The van der Waals surface area contributed by atoms with Crippen molar-refractivity contribution >= 4 is 150 Å². The molecule has 0 amide bonds. The van der Waals surface area contributed by atoms with E-state index in [1.54, 1.807) is 55.0 Å². The first-order valence-electron chi connectivity index (χ1n) is 46.7. The van der Waals surface area contributed by atoms with Crippen molar-refractivity contribution in [2.75, 3.05) is 106 Å². The molecule has 6 N–H and O–H groups in total. The van der Waals surface area contributed by atoms with Gasteiger partial charge in [0.15, 0.2) is 11.3 Å². The lowest BCUT2D eigenvalue weighted by Gasteiger charge is -2.44. The van der Waals surface area contributed by atoms with E-state index in [1.165, 1.54) is 22.5 Å². The van der Waals surface area contributed by atoms with Gasteiger partial charge in [0.05, 0.1) is 79.1 Å². The number of ether oxygens (including phenoxy) is 3. The van der Waals surface area contributed by atoms with Crippen molar-refractivity contribution < 1.29 is 18.6 Å². The normalized spacial score (nSPS) is 20.7. The van der Waals surface area contributed by atoms with Crippen LogP contribution in [0.2, 0.25) is 25.1 Å². The van der Waals surface area contributed by atoms with Gasteiger partial charge in [0.25, 0.3) is 0 Å². The highest BCUT2D eigenvalue weighted by atomic mass is 35.5. The van der Waals surface area contributed by atoms with E-state index >= 15 is 0 Å². The number of methoxy groups -OCH3 is 1. The minimum absolute atomic E-state index is 0.0821. The maximum Gasteiger partial charge on any atom is 0.211 e. The zero-order chi connectivity index (χ0) is 93.6. The molecule has 24 rings (SSSR count).